The first-order chi connectivity index (χ1) is 11.0. The minimum atomic E-state index is -3.52. The summed E-state index contributed by atoms with van der Waals surface area (Å²) in [5, 5.41) is 5.46. The molecule has 4 heterocycles. The molecule has 0 aromatic carbocycles. The largest absolute Gasteiger partial charge is 0.373 e. The van der Waals surface area contributed by atoms with E-state index in [1.807, 2.05) is 18.5 Å². The quantitative estimate of drug-likeness (QED) is 0.904. The molecule has 0 saturated carbocycles. The Morgan fingerprint density at radius 1 is 1.26 bits per heavy atom. The van der Waals surface area contributed by atoms with Crippen LogP contribution < -0.4 is 10.2 Å². The van der Waals surface area contributed by atoms with Crippen LogP contribution in [0.3, 0.4) is 0 Å². The summed E-state index contributed by atoms with van der Waals surface area (Å²) in [7, 11) is -1.49. The fraction of sp³-hybridized carbons (Fsp3) is 0.500. The van der Waals surface area contributed by atoms with Crippen molar-refractivity contribution in [2.24, 2.45) is 0 Å². The molecule has 23 heavy (non-hydrogen) atoms. The maximum absolute atomic E-state index is 13.1. The predicted molar refractivity (Wildman–Crippen MR) is 92.8 cm³/mol. The molecule has 1 N–H and O–H groups in total. The second kappa shape index (κ2) is 5.36. The van der Waals surface area contributed by atoms with Crippen LogP contribution in [0.5, 0.6) is 0 Å². The van der Waals surface area contributed by atoms with Crippen molar-refractivity contribution in [2.45, 2.75) is 35.4 Å². The standard InChI is InChI=1S/C16H21N3O2S2/c1-18-11-8-16(7-2-3-9-17-16)15-13(18)6-10-19(15)23(20,21)14-5-4-12-22-14/h4-6,10,12,17H,2-3,7-9,11H2,1H3. The van der Waals surface area contributed by atoms with Gasteiger partial charge in [-0.05, 0) is 49.7 Å². The molecule has 1 unspecified atom stereocenters. The lowest BCUT2D eigenvalue weighted by molar-refractivity contribution is 0.227. The van der Waals surface area contributed by atoms with E-state index < -0.39 is 10.0 Å². The fourth-order valence-corrected chi connectivity index (χ4v) is 6.37. The van der Waals surface area contributed by atoms with Gasteiger partial charge in [0.1, 0.15) is 4.21 Å². The number of nitrogens with zero attached hydrogens (tertiary/aromatic N) is 2. The Hall–Kier alpha value is -1.31. The highest BCUT2D eigenvalue weighted by atomic mass is 32.2. The number of piperidine rings is 1. The summed E-state index contributed by atoms with van der Waals surface area (Å²) in [6.45, 7) is 1.90. The number of thiophene rings is 1. The highest BCUT2D eigenvalue weighted by molar-refractivity contribution is 7.92. The maximum Gasteiger partial charge on any atom is 0.277 e. The molecule has 0 bridgehead atoms. The smallest absolute Gasteiger partial charge is 0.277 e. The van der Waals surface area contributed by atoms with Gasteiger partial charge in [0.05, 0.1) is 16.9 Å². The van der Waals surface area contributed by atoms with Gasteiger partial charge in [-0.3, -0.25) is 0 Å². The van der Waals surface area contributed by atoms with Gasteiger partial charge in [0, 0.05) is 19.8 Å². The minimum absolute atomic E-state index is 0.214. The SMILES string of the molecule is CN1CCC2(CCCCN2)c2c1ccn2S(=O)(=O)c1cccs1. The number of hydrogen-bond donors (Lipinski definition) is 1. The van der Waals surface area contributed by atoms with Crippen molar-refractivity contribution in [3.8, 4) is 0 Å². The van der Waals surface area contributed by atoms with E-state index in [2.05, 4.69) is 10.2 Å². The number of hydrogen-bond acceptors (Lipinski definition) is 5. The molecule has 124 valence electrons. The van der Waals surface area contributed by atoms with Crippen molar-refractivity contribution in [2.75, 3.05) is 25.0 Å². The molecule has 4 rings (SSSR count). The second-order valence-corrected chi connectivity index (χ2v) is 9.41. The van der Waals surface area contributed by atoms with Crippen LogP contribution in [0.25, 0.3) is 0 Å². The van der Waals surface area contributed by atoms with Crippen LogP contribution in [-0.4, -0.2) is 32.5 Å². The third-order valence-electron chi connectivity index (χ3n) is 5.07. The molecule has 2 aliphatic heterocycles. The summed E-state index contributed by atoms with van der Waals surface area (Å²) < 4.78 is 28.1. The molecule has 0 radical (unpaired) electrons. The van der Waals surface area contributed by atoms with Crippen LogP contribution in [0, 0.1) is 0 Å². The molecule has 0 aliphatic carbocycles. The molecule has 5 nitrogen and oxygen atoms in total. The van der Waals surface area contributed by atoms with Gasteiger partial charge in [0.25, 0.3) is 10.0 Å². The zero-order valence-corrected chi connectivity index (χ0v) is 14.8. The van der Waals surface area contributed by atoms with Crippen LogP contribution in [-0.2, 0) is 15.6 Å². The molecule has 1 fully saturated rings. The van der Waals surface area contributed by atoms with Crippen LogP contribution >= 0.6 is 11.3 Å². The Bertz CT molecular complexity index is 803. The molecule has 1 spiro atoms. The summed E-state index contributed by atoms with van der Waals surface area (Å²) >= 11 is 1.27. The summed E-state index contributed by atoms with van der Waals surface area (Å²) in [4.78, 5) is 2.16. The normalized spacial score (nSPS) is 24.8. The van der Waals surface area contributed by atoms with Gasteiger partial charge in [0.15, 0.2) is 0 Å². The second-order valence-electron chi connectivity index (χ2n) is 6.42. The zero-order chi connectivity index (χ0) is 16.1. The Kier molecular flexibility index (Phi) is 3.55. The lowest BCUT2D eigenvalue weighted by atomic mass is 9.80. The van der Waals surface area contributed by atoms with E-state index in [9.17, 15) is 8.42 Å². The van der Waals surface area contributed by atoms with Gasteiger partial charge >= 0.3 is 0 Å². The third kappa shape index (κ3) is 2.25. The summed E-state index contributed by atoms with van der Waals surface area (Å²) in [5.41, 5.74) is 1.73. The number of fused-ring (bicyclic) bond motifs is 2. The first-order valence-electron chi connectivity index (χ1n) is 8.02. The Labute approximate surface area is 141 Å². The van der Waals surface area contributed by atoms with E-state index in [0.717, 1.165) is 50.2 Å². The Morgan fingerprint density at radius 2 is 2.13 bits per heavy atom. The van der Waals surface area contributed by atoms with Gasteiger partial charge in [-0.25, -0.2) is 3.97 Å². The van der Waals surface area contributed by atoms with Gasteiger partial charge in [-0.1, -0.05) is 6.07 Å². The zero-order valence-electron chi connectivity index (χ0n) is 13.2. The topological polar surface area (TPSA) is 54.3 Å². The van der Waals surface area contributed by atoms with Crippen molar-refractivity contribution >= 4 is 27.0 Å². The van der Waals surface area contributed by atoms with Crippen LogP contribution in [0.2, 0.25) is 0 Å². The molecule has 2 aliphatic rings. The molecule has 7 heteroatoms. The van der Waals surface area contributed by atoms with E-state index in [4.69, 9.17) is 0 Å². The highest BCUT2D eigenvalue weighted by Crippen LogP contribution is 2.44. The van der Waals surface area contributed by atoms with E-state index >= 15 is 0 Å². The van der Waals surface area contributed by atoms with E-state index in [-0.39, 0.29) is 5.54 Å². The lowest BCUT2D eigenvalue weighted by Gasteiger charge is -2.45. The fourth-order valence-electron chi connectivity index (χ4n) is 3.86. The molecule has 1 saturated heterocycles. The molecular weight excluding hydrogens is 330 g/mol. The van der Waals surface area contributed by atoms with Gasteiger partial charge in [-0.15, -0.1) is 11.3 Å². The van der Waals surface area contributed by atoms with E-state index in [0.29, 0.717) is 4.21 Å². The average Bonchev–Trinajstić information content (AvgIpc) is 3.22. The molecule has 2 aromatic rings. The number of rotatable bonds is 2. The van der Waals surface area contributed by atoms with Gasteiger partial charge < -0.3 is 10.2 Å². The van der Waals surface area contributed by atoms with Crippen LogP contribution in [0.15, 0.2) is 34.0 Å². The summed E-state index contributed by atoms with van der Waals surface area (Å²) in [6, 6.07) is 5.41. The van der Waals surface area contributed by atoms with Gasteiger partial charge in [0.2, 0.25) is 0 Å². The van der Waals surface area contributed by atoms with Crippen LogP contribution in [0.1, 0.15) is 31.4 Å². The molecule has 0 amide bonds. The van der Waals surface area contributed by atoms with E-state index in [1.165, 1.54) is 15.3 Å². The van der Waals surface area contributed by atoms with E-state index in [1.54, 1.807) is 18.3 Å². The van der Waals surface area contributed by atoms with Gasteiger partial charge in [-0.2, -0.15) is 8.42 Å². The summed E-state index contributed by atoms with van der Waals surface area (Å²) in [6.07, 6.45) is 5.96. The first kappa shape index (κ1) is 15.2. The minimum Gasteiger partial charge on any atom is -0.373 e. The van der Waals surface area contributed by atoms with Crippen molar-refractivity contribution in [1.29, 1.82) is 0 Å². The Morgan fingerprint density at radius 3 is 2.83 bits per heavy atom. The third-order valence-corrected chi connectivity index (χ3v) is 8.12. The summed E-state index contributed by atoms with van der Waals surface area (Å²) in [5.74, 6) is 0. The first-order valence-corrected chi connectivity index (χ1v) is 10.3. The van der Waals surface area contributed by atoms with Crippen molar-refractivity contribution in [3.63, 3.8) is 0 Å². The average molecular weight is 351 g/mol. The van der Waals surface area contributed by atoms with Crippen molar-refractivity contribution in [1.82, 2.24) is 9.29 Å². The molecule has 2 aromatic heterocycles. The monoisotopic (exact) mass is 351 g/mol. The predicted octanol–water partition coefficient (Wildman–Crippen LogP) is 2.60. The maximum atomic E-state index is 13.1. The molecular formula is C16H21N3O2S2. The number of aromatic nitrogens is 1. The van der Waals surface area contributed by atoms with Crippen molar-refractivity contribution in [3.05, 3.63) is 35.5 Å². The lowest BCUT2D eigenvalue weighted by Crippen LogP contribution is -2.52. The molecule has 1 atom stereocenters. The number of nitrogens with one attached hydrogen (secondary N) is 1. The van der Waals surface area contributed by atoms with Crippen LogP contribution in [0.4, 0.5) is 5.69 Å². The van der Waals surface area contributed by atoms with Crippen molar-refractivity contribution < 1.29 is 8.42 Å². The Balaban J connectivity index is 1.91. The highest BCUT2D eigenvalue weighted by Gasteiger charge is 2.43. The number of anilines is 1.